The van der Waals surface area contributed by atoms with Crippen LogP contribution in [0.25, 0.3) is 0 Å². The molecule has 0 bridgehead atoms. The van der Waals surface area contributed by atoms with E-state index in [1.165, 1.54) is 34.1 Å². The third kappa shape index (κ3) is 6.12. The Balaban J connectivity index is 0.000000157. The highest BCUT2D eigenvalue weighted by Gasteiger charge is 2.68. The van der Waals surface area contributed by atoms with Crippen LogP contribution in [-0.2, 0) is 32.3 Å². The third-order valence-corrected chi connectivity index (χ3v) is 10.6. The van der Waals surface area contributed by atoms with E-state index in [9.17, 15) is 36.7 Å². The van der Waals surface area contributed by atoms with E-state index in [1.54, 1.807) is 24.3 Å². The van der Waals surface area contributed by atoms with Crippen LogP contribution in [0.15, 0.2) is 109 Å². The van der Waals surface area contributed by atoms with Gasteiger partial charge in [-0.05, 0) is 46.9 Å². The number of halogens is 4. The largest absolute Gasteiger partial charge is 0.278 e. The molecule has 2 saturated heterocycles. The first-order valence-corrected chi connectivity index (χ1v) is 16.6. The average molecular weight is 683 g/mol. The summed E-state index contributed by atoms with van der Waals surface area (Å²) in [6.07, 6.45) is -3.37. The molecule has 4 aromatic rings. The van der Waals surface area contributed by atoms with Crippen LogP contribution in [0.5, 0.6) is 0 Å². The Morgan fingerprint density at radius 1 is 0.520 bits per heavy atom. The summed E-state index contributed by atoms with van der Waals surface area (Å²) in [5, 5.41) is 0. The maximum atomic E-state index is 12.8. The third-order valence-electron chi connectivity index (χ3n) is 10.6. The molecule has 6 nitrogen and oxygen atoms in total. The number of benzene rings is 4. The summed E-state index contributed by atoms with van der Waals surface area (Å²) in [5.74, 6) is -0.692. The molecule has 256 valence electrons. The fourth-order valence-electron chi connectivity index (χ4n) is 7.59. The van der Waals surface area contributed by atoms with Crippen LogP contribution in [0, 0.1) is 10.8 Å². The molecule has 50 heavy (non-hydrogen) atoms. The van der Waals surface area contributed by atoms with Crippen molar-refractivity contribution in [1.29, 1.82) is 0 Å². The monoisotopic (exact) mass is 682 g/mol. The number of rotatable bonds is 8. The summed E-state index contributed by atoms with van der Waals surface area (Å²) < 4.78 is 50.7. The Labute approximate surface area is 286 Å². The Morgan fingerprint density at radius 3 is 1.18 bits per heavy atom. The van der Waals surface area contributed by atoms with Gasteiger partial charge in [-0.1, -0.05) is 109 Å². The number of imide groups is 2. The second-order valence-corrected chi connectivity index (χ2v) is 13.7. The van der Waals surface area contributed by atoms with Gasteiger partial charge in [0.2, 0.25) is 23.6 Å². The fraction of sp³-hybridized carbons (Fsp3) is 0.300. The highest BCUT2D eigenvalue weighted by Crippen LogP contribution is 2.66. The smallest absolute Gasteiger partial charge is 0.263 e. The van der Waals surface area contributed by atoms with E-state index in [-0.39, 0.29) is 72.5 Å². The molecule has 2 aliphatic heterocycles. The number of carbonyl (C=O) groups is 4. The second kappa shape index (κ2) is 13.0. The van der Waals surface area contributed by atoms with Gasteiger partial charge in [0, 0.05) is 24.0 Å². The highest BCUT2D eigenvalue weighted by molar-refractivity contribution is 6.09. The normalized spacial score (nSPS) is 25.2. The predicted octanol–water partition coefficient (Wildman–Crippen LogP) is 8.11. The van der Waals surface area contributed by atoms with Crippen LogP contribution in [0.4, 0.5) is 17.6 Å². The lowest BCUT2D eigenvalue weighted by atomic mass is 9.97. The van der Waals surface area contributed by atoms with E-state index in [4.69, 9.17) is 0 Å². The number of likely N-dealkylation sites (tertiary alicyclic amines) is 2. The lowest BCUT2D eigenvalue weighted by Gasteiger charge is -2.15. The quantitative estimate of drug-likeness (QED) is 0.139. The van der Waals surface area contributed by atoms with E-state index in [0.717, 1.165) is 22.3 Å². The zero-order valence-electron chi connectivity index (χ0n) is 27.0. The molecule has 2 spiro atoms. The van der Waals surface area contributed by atoms with Gasteiger partial charge in [0.25, 0.3) is 12.9 Å². The van der Waals surface area contributed by atoms with Gasteiger partial charge in [0.1, 0.15) is 0 Å². The van der Waals surface area contributed by atoms with E-state index in [2.05, 4.69) is 0 Å². The zero-order valence-corrected chi connectivity index (χ0v) is 27.0. The number of amides is 4. The Bertz CT molecular complexity index is 1780. The molecular formula is C40H34F4N2O4. The topological polar surface area (TPSA) is 74.8 Å². The van der Waals surface area contributed by atoms with Gasteiger partial charge in [0.15, 0.2) is 0 Å². The summed E-state index contributed by atoms with van der Waals surface area (Å²) >= 11 is 0. The van der Waals surface area contributed by atoms with Crippen molar-refractivity contribution in [1.82, 2.24) is 9.80 Å². The second-order valence-electron chi connectivity index (χ2n) is 13.7. The van der Waals surface area contributed by atoms with Gasteiger partial charge >= 0.3 is 0 Å². The molecule has 2 saturated carbocycles. The standard InChI is InChI=1S/2C20H17F2NO2/c2*21-18(22)15-8-6-14(7-9-15)16-10-20(16)11-17(24)23(19(20)25)12-13-4-2-1-3-5-13/h2*1-9,16,18H,10-12H2/t16?,20-;/m0./s1. The minimum absolute atomic E-state index is 0.0296. The predicted molar refractivity (Wildman–Crippen MR) is 176 cm³/mol. The molecule has 10 heteroatoms. The number of alkyl halides is 4. The first kappa shape index (κ1) is 33.4. The Kier molecular flexibility index (Phi) is 8.66. The van der Waals surface area contributed by atoms with Crippen LogP contribution in [0.3, 0.4) is 0 Å². The molecule has 4 aliphatic rings. The number of hydrogen-bond donors (Lipinski definition) is 0. The fourth-order valence-corrected chi connectivity index (χ4v) is 7.59. The maximum Gasteiger partial charge on any atom is 0.263 e. The molecule has 3 unspecified atom stereocenters. The van der Waals surface area contributed by atoms with Crippen molar-refractivity contribution in [3.8, 4) is 0 Å². The molecule has 2 aliphatic carbocycles. The van der Waals surface area contributed by atoms with Crippen molar-refractivity contribution < 1.29 is 36.7 Å². The Hall–Kier alpha value is -5.12. The molecule has 8 rings (SSSR count). The van der Waals surface area contributed by atoms with Gasteiger partial charge < -0.3 is 0 Å². The van der Waals surface area contributed by atoms with Crippen molar-refractivity contribution >= 4 is 23.6 Å². The zero-order chi connectivity index (χ0) is 35.2. The van der Waals surface area contributed by atoms with Crippen LogP contribution in [-0.4, -0.2) is 33.4 Å². The van der Waals surface area contributed by atoms with Crippen LogP contribution < -0.4 is 0 Å². The van der Waals surface area contributed by atoms with Gasteiger partial charge in [-0.2, -0.15) is 0 Å². The van der Waals surface area contributed by atoms with E-state index >= 15 is 0 Å². The summed E-state index contributed by atoms with van der Waals surface area (Å²) in [6, 6.07) is 31.0. The lowest BCUT2D eigenvalue weighted by molar-refractivity contribution is -0.142. The van der Waals surface area contributed by atoms with Crippen molar-refractivity contribution in [3.05, 3.63) is 143 Å². The van der Waals surface area contributed by atoms with Crippen molar-refractivity contribution in [2.45, 2.75) is 63.5 Å². The molecule has 4 fully saturated rings. The molecule has 0 aromatic heterocycles. The first-order valence-electron chi connectivity index (χ1n) is 16.6. The van der Waals surface area contributed by atoms with E-state index in [0.29, 0.717) is 12.8 Å². The molecule has 2 heterocycles. The van der Waals surface area contributed by atoms with E-state index in [1.807, 2.05) is 60.7 Å². The van der Waals surface area contributed by atoms with Crippen LogP contribution in [0.2, 0.25) is 0 Å². The van der Waals surface area contributed by atoms with Gasteiger partial charge in [-0.15, -0.1) is 0 Å². The molecule has 4 atom stereocenters. The summed E-state index contributed by atoms with van der Waals surface area (Å²) in [4.78, 5) is 53.1. The summed E-state index contributed by atoms with van der Waals surface area (Å²) in [6.45, 7) is 0.578. The minimum Gasteiger partial charge on any atom is -0.278 e. The summed E-state index contributed by atoms with van der Waals surface area (Å²) in [7, 11) is 0. The van der Waals surface area contributed by atoms with Crippen molar-refractivity contribution in [2.75, 3.05) is 0 Å². The van der Waals surface area contributed by atoms with Crippen LogP contribution in [0.1, 0.15) is 83.8 Å². The van der Waals surface area contributed by atoms with Crippen molar-refractivity contribution in [2.24, 2.45) is 10.8 Å². The van der Waals surface area contributed by atoms with Gasteiger partial charge in [-0.3, -0.25) is 29.0 Å². The van der Waals surface area contributed by atoms with Crippen molar-refractivity contribution in [3.63, 3.8) is 0 Å². The highest BCUT2D eigenvalue weighted by atomic mass is 19.3. The molecule has 4 aromatic carbocycles. The molecule has 0 radical (unpaired) electrons. The maximum absolute atomic E-state index is 12.8. The minimum atomic E-state index is -2.50. The summed E-state index contributed by atoms with van der Waals surface area (Å²) in [5.41, 5.74) is 2.14. The molecular weight excluding hydrogens is 648 g/mol. The molecule has 0 N–H and O–H groups in total. The number of nitrogens with zero attached hydrogens (tertiary/aromatic N) is 2. The lowest BCUT2D eigenvalue weighted by Crippen LogP contribution is -2.30. The number of carbonyl (C=O) groups excluding carboxylic acids is 4. The Morgan fingerprint density at radius 2 is 0.860 bits per heavy atom. The number of hydrogen-bond acceptors (Lipinski definition) is 4. The average Bonchev–Trinajstić information content (AvgIpc) is 4.01. The first-order chi connectivity index (χ1) is 24.0. The van der Waals surface area contributed by atoms with Gasteiger partial charge in [-0.25, -0.2) is 17.6 Å². The SMILES string of the molecule is O=C1CC2(CC2c2ccc(C(F)F)cc2)C(=O)N1Cc1ccccc1.O=C1C[C@]2(CC2c2ccc(C(F)F)cc2)C(=O)N1Cc1ccccc1. The van der Waals surface area contributed by atoms with Crippen LogP contribution >= 0.6 is 0 Å². The van der Waals surface area contributed by atoms with Gasteiger partial charge in [0.05, 0.1) is 23.9 Å². The van der Waals surface area contributed by atoms with E-state index < -0.39 is 23.7 Å². The molecule has 4 amide bonds.